The summed E-state index contributed by atoms with van der Waals surface area (Å²) in [5, 5.41) is 0. The van der Waals surface area contributed by atoms with Crippen LogP contribution in [-0.4, -0.2) is 0 Å². The van der Waals surface area contributed by atoms with E-state index < -0.39 is 0 Å². The smallest absolute Gasteiger partial charge is 0.0273 e. The molecule has 0 aliphatic carbocycles. The number of allylic oxidation sites excluding steroid dienone is 1. The fraction of sp³-hybridized carbons (Fsp3) is 0.467. The summed E-state index contributed by atoms with van der Waals surface area (Å²) in [6.45, 7) is 10.4. The van der Waals surface area contributed by atoms with Gasteiger partial charge in [-0.1, -0.05) is 18.2 Å². The average molecular weight is 202 g/mol. The maximum Gasteiger partial charge on any atom is -0.0273 e. The first-order valence-corrected chi connectivity index (χ1v) is 5.83. The summed E-state index contributed by atoms with van der Waals surface area (Å²) in [7, 11) is 0. The van der Waals surface area contributed by atoms with Gasteiger partial charge in [-0.3, -0.25) is 0 Å². The van der Waals surface area contributed by atoms with Crippen molar-refractivity contribution in [2.24, 2.45) is 0 Å². The van der Waals surface area contributed by atoms with Gasteiger partial charge in [-0.05, 0) is 68.7 Å². The lowest BCUT2D eigenvalue weighted by Gasteiger charge is -2.11. The summed E-state index contributed by atoms with van der Waals surface area (Å²) in [6, 6.07) is 4.46. The fourth-order valence-corrected chi connectivity index (χ4v) is 1.98. The summed E-state index contributed by atoms with van der Waals surface area (Å²) in [5.74, 6) is 0. The van der Waals surface area contributed by atoms with Crippen molar-refractivity contribution >= 4 is 0 Å². The molecule has 0 aliphatic rings. The largest absolute Gasteiger partial charge is 0.103 e. The molecule has 0 heterocycles. The van der Waals surface area contributed by atoms with Crippen LogP contribution in [0.3, 0.4) is 0 Å². The zero-order valence-electron chi connectivity index (χ0n) is 10.3. The molecule has 82 valence electrons. The Morgan fingerprint density at radius 2 is 1.73 bits per heavy atom. The monoisotopic (exact) mass is 202 g/mol. The molecule has 15 heavy (non-hydrogen) atoms. The van der Waals surface area contributed by atoms with E-state index in [1.165, 1.54) is 36.0 Å². The number of aryl methyl sites for hydroxylation is 2. The minimum absolute atomic E-state index is 1.14. The Bertz CT molecular complexity index is 334. The van der Waals surface area contributed by atoms with Crippen LogP contribution in [-0.2, 0) is 6.42 Å². The van der Waals surface area contributed by atoms with Crippen LogP contribution in [0.4, 0.5) is 0 Å². The van der Waals surface area contributed by atoms with Gasteiger partial charge in [0.2, 0.25) is 0 Å². The summed E-state index contributed by atoms with van der Waals surface area (Å²) in [5.41, 5.74) is 5.89. The molecule has 0 saturated heterocycles. The van der Waals surface area contributed by atoms with E-state index in [9.17, 15) is 0 Å². The standard InChI is InChI=1S/C15H22/c1-5-6-7-8-9-15-13(3)11-10-12(2)14(15)4/h5,10-11H,1,6-9H2,2-4H3. The molecule has 1 rings (SSSR count). The molecule has 0 radical (unpaired) electrons. The number of benzene rings is 1. The van der Waals surface area contributed by atoms with Gasteiger partial charge < -0.3 is 0 Å². The first kappa shape index (κ1) is 12.0. The summed E-state index contributed by atoms with van der Waals surface area (Å²) < 4.78 is 0. The molecule has 0 bridgehead atoms. The van der Waals surface area contributed by atoms with Crippen LogP contribution in [0.25, 0.3) is 0 Å². The van der Waals surface area contributed by atoms with Gasteiger partial charge in [-0.15, -0.1) is 6.58 Å². The predicted molar refractivity (Wildman–Crippen MR) is 68.4 cm³/mol. The third kappa shape index (κ3) is 3.23. The second-order valence-corrected chi connectivity index (χ2v) is 4.34. The van der Waals surface area contributed by atoms with Crippen molar-refractivity contribution in [2.75, 3.05) is 0 Å². The molecular formula is C15H22. The van der Waals surface area contributed by atoms with Crippen LogP contribution in [0.15, 0.2) is 24.8 Å². The second-order valence-electron chi connectivity index (χ2n) is 4.34. The third-order valence-electron chi connectivity index (χ3n) is 3.19. The first-order valence-electron chi connectivity index (χ1n) is 5.83. The lowest BCUT2D eigenvalue weighted by Crippen LogP contribution is -1.96. The van der Waals surface area contributed by atoms with E-state index in [4.69, 9.17) is 0 Å². The summed E-state index contributed by atoms with van der Waals surface area (Å²) in [4.78, 5) is 0. The molecule has 0 atom stereocenters. The molecule has 0 aromatic heterocycles. The number of unbranched alkanes of at least 4 members (excludes halogenated alkanes) is 2. The maximum atomic E-state index is 3.75. The van der Waals surface area contributed by atoms with E-state index in [-0.39, 0.29) is 0 Å². The Labute approximate surface area is 94.0 Å². The van der Waals surface area contributed by atoms with E-state index in [0.29, 0.717) is 0 Å². The Morgan fingerprint density at radius 3 is 2.40 bits per heavy atom. The number of hydrogen-bond donors (Lipinski definition) is 0. The van der Waals surface area contributed by atoms with Crippen molar-refractivity contribution in [1.82, 2.24) is 0 Å². The topological polar surface area (TPSA) is 0 Å². The van der Waals surface area contributed by atoms with E-state index >= 15 is 0 Å². The Hall–Kier alpha value is -1.04. The maximum absolute atomic E-state index is 3.75. The van der Waals surface area contributed by atoms with Crippen LogP contribution < -0.4 is 0 Å². The molecule has 0 heteroatoms. The Balaban J connectivity index is 2.67. The van der Waals surface area contributed by atoms with E-state index in [0.717, 1.165) is 6.42 Å². The summed E-state index contributed by atoms with van der Waals surface area (Å²) >= 11 is 0. The Morgan fingerprint density at radius 1 is 1.07 bits per heavy atom. The molecule has 0 aliphatic heterocycles. The zero-order chi connectivity index (χ0) is 11.3. The number of rotatable bonds is 5. The summed E-state index contributed by atoms with van der Waals surface area (Å²) in [6.07, 6.45) is 6.90. The Kier molecular flexibility index (Phi) is 4.61. The van der Waals surface area contributed by atoms with Crippen LogP contribution in [0.2, 0.25) is 0 Å². The zero-order valence-corrected chi connectivity index (χ0v) is 10.3. The average Bonchev–Trinajstić information content (AvgIpc) is 2.23. The van der Waals surface area contributed by atoms with Crippen molar-refractivity contribution in [3.63, 3.8) is 0 Å². The third-order valence-corrected chi connectivity index (χ3v) is 3.19. The van der Waals surface area contributed by atoms with Crippen LogP contribution >= 0.6 is 0 Å². The van der Waals surface area contributed by atoms with Crippen molar-refractivity contribution < 1.29 is 0 Å². The highest BCUT2D eigenvalue weighted by Crippen LogP contribution is 2.19. The normalized spacial score (nSPS) is 10.3. The van der Waals surface area contributed by atoms with Crippen molar-refractivity contribution in [1.29, 1.82) is 0 Å². The molecule has 0 N–H and O–H groups in total. The van der Waals surface area contributed by atoms with E-state index in [2.05, 4.69) is 39.5 Å². The van der Waals surface area contributed by atoms with Gasteiger partial charge in [-0.2, -0.15) is 0 Å². The lowest BCUT2D eigenvalue weighted by molar-refractivity contribution is 0.742. The quantitative estimate of drug-likeness (QED) is 0.487. The molecule has 0 spiro atoms. The molecule has 0 saturated carbocycles. The second kappa shape index (κ2) is 5.75. The molecule has 0 fully saturated rings. The van der Waals surface area contributed by atoms with Gasteiger partial charge in [0, 0.05) is 0 Å². The van der Waals surface area contributed by atoms with Crippen molar-refractivity contribution in [3.05, 3.63) is 47.0 Å². The molecule has 0 unspecified atom stereocenters. The van der Waals surface area contributed by atoms with Crippen molar-refractivity contribution in [2.45, 2.75) is 46.5 Å². The van der Waals surface area contributed by atoms with Gasteiger partial charge in [-0.25, -0.2) is 0 Å². The fourth-order valence-electron chi connectivity index (χ4n) is 1.98. The molecular weight excluding hydrogens is 180 g/mol. The van der Waals surface area contributed by atoms with Crippen LogP contribution in [0.1, 0.15) is 41.5 Å². The highest BCUT2D eigenvalue weighted by Gasteiger charge is 2.04. The van der Waals surface area contributed by atoms with E-state index in [1.807, 2.05) is 6.08 Å². The first-order chi connectivity index (χ1) is 7.16. The number of hydrogen-bond acceptors (Lipinski definition) is 0. The van der Waals surface area contributed by atoms with E-state index in [1.54, 1.807) is 5.56 Å². The highest BCUT2D eigenvalue weighted by molar-refractivity contribution is 5.39. The minimum atomic E-state index is 1.14. The van der Waals surface area contributed by atoms with Gasteiger partial charge in [0.15, 0.2) is 0 Å². The minimum Gasteiger partial charge on any atom is -0.103 e. The van der Waals surface area contributed by atoms with Crippen LogP contribution in [0.5, 0.6) is 0 Å². The SMILES string of the molecule is C=CCCCCc1c(C)ccc(C)c1C. The molecule has 1 aromatic carbocycles. The van der Waals surface area contributed by atoms with Gasteiger partial charge in [0.05, 0.1) is 0 Å². The van der Waals surface area contributed by atoms with Gasteiger partial charge in [0.25, 0.3) is 0 Å². The molecule has 0 amide bonds. The molecule has 1 aromatic rings. The van der Waals surface area contributed by atoms with Crippen LogP contribution in [0, 0.1) is 20.8 Å². The highest BCUT2D eigenvalue weighted by atomic mass is 14.1. The predicted octanol–water partition coefficient (Wildman–Crippen LogP) is 4.51. The van der Waals surface area contributed by atoms with Crippen molar-refractivity contribution in [3.8, 4) is 0 Å². The molecule has 0 nitrogen and oxygen atoms in total. The van der Waals surface area contributed by atoms with Gasteiger partial charge >= 0.3 is 0 Å². The van der Waals surface area contributed by atoms with Gasteiger partial charge in [0.1, 0.15) is 0 Å². The lowest BCUT2D eigenvalue weighted by atomic mass is 9.94.